The molecule has 0 radical (unpaired) electrons. The van der Waals surface area contributed by atoms with E-state index >= 15 is 0 Å². The van der Waals surface area contributed by atoms with Gasteiger partial charge in [0, 0.05) is 19.5 Å². The Kier molecular flexibility index (Phi) is 5.93. The molecule has 14 heavy (non-hydrogen) atoms. The zero-order valence-corrected chi connectivity index (χ0v) is 9.55. The van der Waals surface area contributed by atoms with Crippen molar-refractivity contribution in [1.29, 1.82) is 0 Å². The summed E-state index contributed by atoms with van der Waals surface area (Å²) in [6.45, 7) is 3.35. The summed E-state index contributed by atoms with van der Waals surface area (Å²) in [5.74, 6) is -0.212. The molecule has 0 aliphatic rings. The summed E-state index contributed by atoms with van der Waals surface area (Å²) in [5.41, 5.74) is 0. The van der Waals surface area contributed by atoms with Crippen molar-refractivity contribution in [2.45, 2.75) is 26.2 Å². The molecule has 0 fully saturated rings. The van der Waals surface area contributed by atoms with Gasteiger partial charge in [-0.05, 0) is 0 Å². The number of hydrogen-bond donors (Lipinski definition) is 1. The first-order chi connectivity index (χ1) is 6.35. The molecule has 0 aromatic carbocycles. The van der Waals surface area contributed by atoms with Gasteiger partial charge in [0.25, 0.3) is 0 Å². The maximum Gasteiger partial charge on any atom is 0.142 e. The van der Waals surface area contributed by atoms with Gasteiger partial charge in [-0.1, -0.05) is 13.2 Å². The van der Waals surface area contributed by atoms with Crippen molar-refractivity contribution in [1.82, 2.24) is 0 Å². The molecule has 0 aromatic rings. The van der Waals surface area contributed by atoms with Gasteiger partial charge >= 0.3 is 0 Å². The van der Waals surface area contributed by atoms with Crippen molar-refractivity contribution < 1.29 is 19.0 Å². The molecule has 1 unspecified atom stereocenters. The van der Waals surface area contributed by atoms with Crippen LogP contribution in [0.25, 0.3) is 0 Å². The highest BCUT2D eigenvalue weighted by Gasteiger charge is 2.09. The van der Waals surface area contributed by atoms with Crippen LogP contribution in [0.3, 0.4) is 0 Å². The molecule has 0 rings (SSSR count). The number of carbonyl (C=O) groups is 2. The van der Waals surface area contributed by atoms with Gasteiger partial charge in [0.1, 0.15) is 18.9 Å². The van der Waals surface area contributed by atoms with Crippen LogP contribution in [0.2, 0.25) is 0 Å². The van der Waals surface area contributed by atoms with Crippen molar-refractivity contribution in [3.8, 4) is 0 Å². The minimum atomic E-state index is -2.50. The number of hydrogen-bond acceptors (Lipinski definition) is 4. The van der Waals surface area contributed by atoms with Crippen LogP contribution < -0.4 is 0 Å². The molecular formula is C9H17O4P. The first kappa shape index (κ1) is 13.6. The Morgan fingerprint density at radius 1 is 1.43 bits per heavy atom. The van der Waals surface area contributed by atoms with Crippen LogP contribution in [0, 0.1) is 0 Å². The minimum absolute atomic E-state index is 0.0302. The fourth-order valence-corrected chi connectivity index (χ4v) is 1.27. The fourth-order valence-electron chi connectivity index (χ4n) is 0.789. The molecule has 0 amide bonds. The van der Waals surface area contributed by atoms with Crippen molar-refractivity contribution in [2.24, 2.45) is 0 Å². The second-order valence-electron chi connectivity index (χ2n) is 3.24. The van der Waals surface area contributed by atoms with E-state index < -0.39 is 7.34 Å². The third-order valence-electron chi connectivity index (χ3n) is 1.54. The van der Waals surface area contributed by atoms with Crippen molar-refractivity contribution in [2.75, 3.05) is 13.3 Å². The SMILES string of the molecule is C=P(C)(O)OCCC(=O)CC(=O)CC. The zero-order valence-electron chi connectivity index (χ0n) is 8.65. The average Bonchev–Trinajstić information content (AvgIpc) is 2.01. The second-order valence-corrected chi connectivity index (χ2v) is 5.60. The normalized spacial score (nSPS) is 14.8. The molecule has 0 bridgehead atoms. The van der Waals surface area contributed by atoms with E-state index in [1.54, 1.807) is 6.92 Å². The van der Waals surface area contributed by atoms with E-state index in [1.807, 2.05) is 0 Å². The molecule has 0 heterocycles. The summed E-state index contributed by atoms with van der Waals surface area (Å²) < 4.78 is 4.94. The lowest BCUT2D eigenvalue weighted by Crippen LogP contribution is -2.09. The molecule has 0 aliphatic heterocycles. The van der Waals surface area contributed by atoms with Crippen LogP contribution in [-0.4, -0.2) is 36.0 Å². The van der Waals surface area contributed by atoms with Gasteiger partial charge < -0.3 is 9.42 Å². The largest absolute Gasteiger partial charge is 0.353 e. The van der Waals surface area contributed by atoms with Gasteiger partial charge in [0.2, 0.25) is 0 Å². The number of rotatable bonds is 7. The summed E-state index contributed by atoms with van der Waals surface area (Å²) >= 11 is 0. The Bertz CT molecular complexity index is 254. The molecule has 0 saturated heterocycles. The standard InChI is InChI=1S/C9H17O4P/c1-4-8(10)7-9(11)5-6-13-14(2,3)12/h12H,2,4-7H2,1,3H3. The van der Waals surface area contributed by atoms with Crippen LogP contribution in [-0.2, 0) is 14.1 Å². The average molecular weight is 220 g/mol. The molecule has 5 heteroatoms. The Labute approximate surface area is 84.4 Å². The number of ketones is 2. The number of carbonyl (C=O) groups excluding carboxylic acids is 2. The molecule has 0 aliphatic carbocycles. The first-order valence-electron chi connectivity index (χ1n) is 4.46. The monoisotopic (exact) mass is 220 g/mol. The predicted octanol–water partition coefficient (Wildman–Crippen LogP) is 1.23. The van der Waals surface area contributed by atoms with Crippen LogP contribution in [0.4, 0.5) is 0 Å². The molecule has 0 aromatic heterocycles. The van der Waals surface area contributed by atoms with Gasteiger partial charge in [-0.25, -0.2) is 0 Å². The summed E-state index contributed by atoms with van der Waals surface area (Å²) in [5, 5.41) is 0. The summed E-state index contributed by atoms with van der Waals surface area (Å²) in [6.07, 6.45) is 3.93. The molecular weight excluding hydrogens is 203 g/mol. The Balaban J connectivity index is 3.65. The first-order valence-corrected chi connectivity index (χ1v) is 6.76. The lowest BCUT2D eigenvalue weighted by Gasteiger charge is -2.11. The topological polar surface area (TPSA) is 63.6 Å². The molecule has 82 valence electrons. The van der Waals surface area contributed by atoms with Gasteiger partial charge in [0.15, 0.2) is 0 Å². The van der Waals surface area contributed by atoms with Crippen molar-refractivity contribution >= 4 is 25.2 Å². The van der Waals surface area contributed by atoms with Crippen molar-refractivity contribution in [3.05, 3.63) is 0 Å². The van der Waals surface area contributed by atoms with Crippen LogP contribution in [0.15, 0.2) is 0 Å². The maximum atomic E-state index is 11.1. The van der Waals surface area contributed by atoms with Gasteiger partial charge in [-0.3, -0.25) is 9.59 Å². The molecule has 0 spiro atoms. The van der Waals surface area contributed by atoms with E-state index in [4.69, 9.17) is 9.42 Å². The highest BCUT2D eigenvalue weighted by molar-refractivity contribution is 7.62. The van der Waals surface area contributed by atoms with E-state index in [9.17, 15) is 9.59 Å². The molecule has 0 saturated carbocycles. The lowest BCUT2D eigenvalue weighted by molar-refractivity contribution is -0.127. The van der Waals surface area contributed by atoms with Gasteiger partial charge in [0.05, 0.1) is 13.0 Å². The molecule has 4 nitrogen and oxygen atoms in total. The van der Waals surface area contributed by atoms with E-state index in [0.29, 0.717) is 6.42 Å². The molecule has 1 atom stereocenters. The van der Waals surface area contributed by atoms with E-state index in [2.05, 4.69) is 6.30 Å². The summed E-state index contributed by atoms with van der Waals surface area (Å²) in [4.78, 5) is 31.1. The lowest BCUT2D eigenvalue weighted by atomic mass is 10.1. The third-order valence-corrected chi connectivity index (χ3v) is 2.28. The summed E-state index contributed by atoms with van der Waals surface area (Å²) in [6, 6.07) is 0. The highest BCUT2D eigenvalue weighted by atomic mass is 31.2. The smallest absolute Gasteiger partial charge is 0.142 e. The second kappa shape index (κ2) is 6.12. The Morgan fingerprint density at radius 3 is 2.43 bits per heavy atom. The maximum absolute atomic E-state index is 11.1. The third kappa shape index (κ3) is 8.17. The fraction of sp³-hybridized carbons (Fsp3) is 0.667. The van der Waals surface area contributed by atoms with Crippen molar-refractivity contribution in [3.63, 3.8) is 0 Å². The minimum Gasteiger partial charge on any atom is -0.353 e. The van der Waals surface area contributed by atoms with E-state index in [0.717, 1.165) is 0 Å². The summed E-state index contributed by atoms with van der Waals surface area (Å²) in [7, 11) is -2.50. The Morgan fingerprint density at radius 2 is 2.00 bits per heavy atom. The van der Waals surface area contributed by atoms with Gasteiger partial charge in [-0.2, -0.15) is 0 Å². The zero-order chi connectivity index (χ0) is 11.2. The van der Waals surface area contributed by atoms with Crippen LogP contribution >= 0.6 is 7.34 Å². The van der Waals surface area contributed by atoms with E-state index in [1.165, 1.54) is 6.66 Å². The molecule has 1 N–H and O–H groups in total. The predicted molar refractivity (Wildman–Crippen MR) is 57.7 cm³/mol. The Hall–Kier alpha value is -0.440. The van der Waals surface area contributed by atoms with Crippen LogP contribution in [0.5, 0.6) is 0 Å². The number of Topliss-reactive ketones (excluding diaryl/α,β-unsaturated/α-hetero) is 2. The van der Waals surface area contributed by atoms with Crippen LogP contribution in [0.1, 0.15) is 26.2 Å². The van der Waals surface area contributed by atoms with Gasteiger partial charge in [-0.15, -0.1) is 0 Å². The quantitative estimate of drug-likeness (QED) is 0.517. The van der Waals surface area contributed by atoms with E-state index in [-0.39, 0.29) is 31.0 Å². The highest BCUT2D eigenvalue weighted by Crippen LogP contribution is 2.35.